The van der Waals surface area contributed by atoms with Gasteiger partial charge in [0.15, 0.2) is 0 Å². The Kier molecular flexibility index (Phi) is 3.58. The molecule has 20 heavy (non-hydrogen) atoms. The zero-order valence-electron chi connectivity index (χ0n) is 11.7. The van der Waals surface area contributed by atoms with Crippen LogP contribution in [0.1, 0.15) is 26.5 Å². The predicted octanol–water partition coefficient (Wildman–Crippen LogP) is 2.69. The van der Waals surface area contributed by atoms with Gasteiger partial charge in [0.2, 0.25) is 0 Å². The van der Waals surface area contributed by atoms with E-state index in [9.17, 15) is 13.2 Å². The fraction of sp³-hybridized carbons (Fsp3) is 0.615. The summed E-state index contributed by atoms with van der Waals surface area (Å²) in [4.78, 5) is 5.17. The molecule has 1 aromatic rings. The van der Waals surface area contributed by atoms with Gasteiger partial charge in [-0.3, -0.25) is 0 Å². The first-order valence-electron chi connectivity index (χ1n) is 6.34. The molecular formula is C13H18F3N3O. The van der Waals surface area contributed by atoms with E-state index in [0.717, 1.165) is 12.3 Å². The van der Waals surface area contributed by atoms with Gasteiger partial charge < -0.3 is 15.4 Å². The monoisotopic (exact) mass is 289 g/mol. The number of hydrogen-bond acceptors (Lipinski definition) is 4. The van der Waals surface area contributed by atoms with E-state index in [-0.39, 0.29) is 11.8 Å². The molecule has 1 unspecified atom stereocenters. The highest BCUT2D eigenvalue weighted by Crippen LogP contribution is 2.34. The van der Waals surface area contributed by atoms with E-state index in [2.05, 4.69) is 4.98 Å². The number of rotatable bonds is 1. The molecule has 112 valence electrons. The summed E-state index contributed by atoms with van der Waals surface area (Å²) in [6.07, 6.45) is -3.50. The number of aromatic nitrogens is 1. The molecule has 0 saturated carbocycles. The van der Waals surface area contributed by atoms with Crippen LogP contribution < -0.4 is 10.6 Å². The number of ether oxygens (including phenoxy) is 1. The van der Waals surface area contributed by atoms with Crippen molar-refractivity contribution in [1.82, 2.24) is 4.98 Å². The van der Waals surface area contributed by atoms with E-state index in [1.807, 2.05) is 25.7 Å². The number of morpholine rings is 1. The number of nitrogens with zero attached hydrogens (tertiary/aromatic N) is 2. The van der Waals surface area contributed by atoms with Crippen molar-refractivity contribution in [3.05, 3.63) is 18.0 Å². The van der Waals surface area contributed by atoms with Crippen LogP contribution >= 0.6 is 0 Å². The quantitative estimate of drug-likeness (QED) is 0.863. The first-order chi connectivity index (χ1) is 9.08. The summed E-state index contributed by atoms with van der Waals surface area (Å²) in [6, 6.07) is 1.00. The van der Waals surface area contributed by atoms with Crippen LogP contribution in [0.4, 0.5) is 24.5 Å². The van der Waals surface area contributed by atoms with Crippen LogP contribution in [0.25, 0.3) is 0 Å². The number of anilines is 2. The molecule has 1 aliphatic rings. The van der Waals surface area contributed by atoms with Crippen molar-refractivity contribution in [1.29, 1.82) is 0 Å². The van der Waals surface area contributed by atoms with Crippen LogP contribution in [0.3, 0.4) is 0 Å². The molecule has 0 amide bonds. The van der Waals surface area contributed by atoms with Crippen LogP contribution in [0, 0.1) is 0 Å². The van der Waals surface area contributed by atoms with E-state index in [1.165, 1.54) is 0 Å². The Hall–Kier alpha value is -1.50. The third kappa shape index (κ3) is 3.15. The van der Waals surface area contributed by atoms with Gasteiger partial charge in [0.25, 0.3) is 0 Å². The standard InChI is InChI=1S/C13H18F3N3O/c1-8-6-19(7-12(2,3)20-8)10-4-11(13(14,15)16)18-5-9(10)17/h4-5,8H,6-7,17H2,1-3H3. The van der Waals surface area contributed by atoms with Gasteiger partial charge in [0, 0.05) is 13.1 Å². The molecule has 0 bridgehead atoms. The Bertz CT molecular complexity index is 502. The second-order valence-electron chi connectivity index (χ2n) is 5.69. The summed E-state index contributed by atoms with van der Waals surface area (Å²) in [5, 5.41) is 0. The van der Waals surface area contributed by atoms with Gasteiger partial charge in [-0.15, -0.1) is 0 Å². The minimum atomic E-state index is -4.48. The largest absolute Gasteiger partial charge is 0.433 e. The number of hydrogen-bond donors (Lipinski definition) is 1. The zero-order valence-corrected chi connectivity index (χ0v) is 11.7. The van der Waals surface area contributed by atoms with E-state index in [0.29, 0.717) is 18.8 Å². The molecule has 2 heterocycles. The first kappa shape index (κ1) is 14.9. The molecule has 1 saturated heterocycles. The third-order valence-corrected chi connectivity index (χ3v) is 3.11. The summed E-state index contributed by atoms with van der Waals surface area (Å²) in [7, 11) is 0. The molecule has 0 radical (unpaired) electrons. The maximum absolute atomic E-state index is 12.7. The lowest BCUT2D eigenvalue weighted by Gasteiger charge is -2.43. The second kappa shape index (κ2) is 4.80. The topological polar surface area (TPSA) is 51.4 Å². The Morgan fingerprint density at radius 2 is 2.10 bits per heavy atom. The number of alkyl halides is 3. The van der Waals surface area contributed by atoms with E-state index in [4.69, 9.17) is 10.5 Å². The molecule has 2 N–H and O–H groups in total. The van der Waals surface area contributed by atoms with Crippen molar-refractivity contribution in [3.63, 3.8) is 0 Å². The minimum absolute atomic E-state index is 0.0827. The zero-order chi connectivity index (χ0) is 15.1. The summed E-state index contributed by atoms with van der Waals surface area (Å²) in [5.74, 6) is 0. The molecule has 4 nitrogen and oxygen atoms in total. The molecule has 0 spiro atoms. The molecule has 0 aromatic carbocycles. The number of pyridine rings is 1. The minimum Gasteiger partial charge on any atom is -0.396 e. The lowest BCUT2D eigenvalue weighted by atomic mass is 10.0. The molecule has 1 aromatic heterocycles. The normalized spacial score (nSPS) is 22.9. The number of halogens is 3. The van der Waals surface area contributed by atoms with Crippen molar-refractivity contribution in [2.45, 2.75) is 38.7 Å². The SMILES string of the molecule is CC1CN(c2cc(C(F)(F)F)ncc2N)CC(C)(C)O1. The Morgan fingerprint density at radius 1 is 1.45 bits per heavy atom. The fourth-order valence-electron chi connectivity index (χ4n) is 2.52. The third-order valence-electron chi connectivity index (χ3n) is 3.11. The van der Waals surface area contributed by atoms with E-state index < -0.39 is 17.5 Å². The maximum atomic E-state index is 12.7. The van der Waals surface area contributed by atoms with E-state index in [1.54, 1.807) is 0 Å². The Morgan fingerprint density at radius 3 is 2.65 bits per heavy atom. The smallest absolute Gasteiger partial charge is 0.396 e. The Labute approximate surface area is 115 Å². The Balaban J connectivity index is 2.36. The highest BCUT2D eigenvalue weighted by Gasteiger charge is 2.36. The molecule has 7 heteroatoms. The lowest BCUT2D eigenvalue weighted by Crippen LogP contribution is -2.52. The van der Waals surface area contributed by atoms with Gasteiger partial charge in [-0.05, 0) is 26.8 Å². The highest BCUT2D eigenvalue weighted by molar-refractivity contribution is 5.67. The highest BCUT2D eigenvalue weighted by atomic mass is 19.4. The number of nitrogen functional groups attached to an aromatic ring is 1. The molecule has 1 aliphatic heterocycles. The van der Waals surface area contributed by atoms with Gasteiger partial charge in [-0.2, -0.15) is 13.2 Å². The van der Waals surface area contributed by atoms with Crippen molar-refractivity contribution in [2.24, 2.45) is 0 Å². The first-order valence-corrected chi connectivity index (χ1v) is 6.34. The van der Waals surface area contributed by atoms with Gasteiger partial charge in [-0.25, -0.2) is 4.98 Å². The molecule has 0 aliphatic carbocycles. The van der Waals surface area contributed by atoms with Gasteiger partial charge in [0.1, 0.15) is 5.69 Å². The summed E-state index contributed by atoms with van der Waals surface area (Å²) in [5.41, 5.74) is 5.01. The van der Waals surface area contributed by atoms with Crippen LogP contribution in [0.2, 0.25) is 0 Å². The van der Waals surface area contributed by atoms with Gasteiger partial charge in [0.05, 0.1) is 29.3 Å². The van der Waals surface area contributed by atoms with Crippen LogP contribution in [0.15, 0.2) is 12.3 Å². The molecule has 1 atom stereocenters. The van der Waals surface area contributed by atoms with Crippen molar-refractivity contribution < 1.29 is 17.9 Å². The van der Waals surface area contributed by atoms with Crippen LogP contribution in [0.5, 0.6) is 0 Å². The lowest BCUT2D eigenvalue weighted by molar-refractivity contribution is -0.141. The molecule has 1 fully saturated rings. The van der Waals surface area contributed by atoms with Crippen molar-refractivity contribution >= 4 is 11.4 Å². The van der Waals surface area contributed by atoms with Crippen LogP contribution in [-0.4, -0.2) is 29.8 Å². The number of nitrogens with two attached hydrogens (primary N) is 1. The molecule has 2 rings (SSSR count). The van der Waals surface area contributed by atoms with E-state index >= 15 is 0 Å². The van der Waals surface area contributed by atoms with Crippen molar-refractivity contribution in [2.75, 3.05) is 23.7 Å². The molecular weight excluding hydrogens is 271 g/mol. The average molecular weight is 289 g/mol. The maximum Gasteiger partial charge on any atom is 0.433 e. The fourth-order valence-corrected chi connectivity index (χ4v) is 2.52. The van der Waals surface area contributed by atoms with Gasteiger partial charge >= 0.3 is 6.18 Å². The summed E-state index contributed by atoms with van der Waals surface area (Å²) < 4.78 is 44.0. The summed E-state index contributed by atoms with van der Waals surface area (Å²) in [6.45, 7) is 6.66. The average Bonchev–Trinajstić information content (AvgIpc) is 2.24. The predicted molar refractivity (Wildman–Crippen MR) is 70.5 cm³/mol. The van der Waals surface area contributed by atoms with Gasteiger partial charge in [-0.1, -0.05) is 0 Å². The second-order valence-corrected chi connectivity index (χ2v) is 5.69. The van der Waals surface area contributed by atoms with Crippen molar-refractivity contribution in [3.8, 4) is 0 Å². The summed E-state index contributed by atoms with van der Waals surface area (Å²) >= 11 is 0. The van der Waals surface area contributed by atoms with Crippen LogP contribution in [-0.2, 0) is 10.9 Å².